The van der Waals surface area contributed by atoms with Crippen LogP contribution in [-0.2, 0) is 6.18 Å². The van der Waals surface area contributed by atoms with Crippen molar-refractivity contribution in [1.82, 2.24) is 0 Å². The van der Waals surface area contributed by atoms with Crippen LogP contribution >= 0.6 is 0 Å². The standard InChI is InChI=1S/C10H9F3N2O2/c11-10(12,13)6-1-5(2-7(15)3-6)9(17)8(16)4-14/h1-3,8-9,16-17H,15H2. The molecular weight excluding hydrogens is 237 g/mol. The third-order valence-corrected chi connectivity index (χ3v) is 2.08. The number of aliphatic hydroxyl groups excluding tert-OH is 2. The highest BCUT2D eigenvalue weighted by atomic mass is 19.4. The molecule has 0 aliphatic rings. The maximum absolute atomic E-state index is 12.4. The summed E-state index contributed by atoms with van der Waals surface area (Å²) in [5.74, 6) is 0. The molecule has 1 aromatic rings. The summed E-state index contributed by atoms with van der Waals surface area (Å²) in [4.78, 5) is 0. The van der Waals surface area contributed by atoms with Crippen LogP contribution in [0.4, 0.5) is 18.9 Å². The van der Waals surface area contributed by atoms with Crippen molar-refractivity contribution in [2.45, 2.75) is 18.4 Å². The quantitative estimate of drug-likeness (QED) is 0.540. The van der Waals surface area contributed by atoms with Crippen molar-refractivity contribution in [3.05, 3.63) is 29.3 Å². The molecule has 0 spiro atoms. The van der Waals surface area contributed by atoms with E-state index in [-0.39, 0.29) is 11.3 Å². The molecule has 7 heteroatoms. The SMILES string of the molecule is N#CC(O)C(O)c1cc(N)cc(C(F)(F)F)c1. The molecule has 0 fully saturated rings. The molecule has 0 radical (unpaired) electrons. The fraction of sp³-hybridized carbons (Fsp3) is 0.300. The smallest absolute Gasteiger partial charge is 0.399 e. The molecule has 0 aromatic heterocycles. The highest BCUT2D eigenvalue weighted by Crippen LogP contribution is 2.33. The third-order valence-electron chi connectivity index (χ3n) is 2.08. The second-order valence-corrected chi connectivity index (χ2v) is 3.40. The van der Waals surface area contributed by atoms with E-state index in [0.29, 0.717) is 12.1 Å². The first-order valence-corrected chi connectivity index (χ1v) is 4.49. The number of nitrogens with two attached hydrogens (primary N) is 1. The molecule has 2 atom stereocenters. The van der Waals surface area contributed by atoms with Gasteiger partial charge in [0.05, 0.1) is 11.6 Å². The Hall–Kier alpha value is -1.78. The molecule has 0 amide bonds. The van der Waals surface area contributed by atoms with Crippen LogP contribution in [0.15, 0.2) is 18.2 Å². The van der Waals surface area contributed by atoms with E-state index in [1.807, 2.05) is 0 Å². The summed E-state index contributed by atoms with van der Waals surface area (Å²) in [5.41, 5.74) is 3.75. The van der Waals surface area contributed by atoms with Gasteiger partial charge in [-0.05, 0) is 23.8 Å². The first kappa shape index (κ1) is 13.3. The van der Waals surface area contributed by atoms with Crippen molar-refractivity contribution < 1.29 is 23.4 Å². The summed E-state index contributed by atoms with van der Waals surface area (Å²) in [6.45, 7) is 0. The van der Waals surface area contributed by atoms with Crippen LogP contribution in [0, 0.1) is 11.3 Å². The van der Waals surface area contributed by atoms with Gasteiger partial charge in [0.25, 0.3) is 0 Å². The monoisotopic (exact) mass is 246 g/mol. The number of alkyl halides is 3. The second kappa shape index (κ2) is 4.61. The van der Waals surface area contributed by atoms with Crippen LogP contribution in [0.1, 0.15) is 17.2 Å². The number of anilines is 1. The molecule has 1 aromatic carbocycles. The highest BCUT2D eigenvalue weighted by Gasteiger charge is 2.32. The lowest BCUT2D eigenvalue weighted by Crippen LogP contribution is -2.17. The molecule has 92 valence electrons. The summed E-state index contributed by atoms with van der Waals surface area (Å²) in [6.07, 6.45) is -8.15. The summed E-state index contributed by atoms with van der Waals surface area (Å²) < 4.78 is 37.3. The van der Waals surface area contributed by atoms with Gasteiger partial charge in [-0.1, -0.05) is 0 Å². The van der Waals surface area contributed by atoms with Gasteiger partial charge in [-0.15, -0.1) is 0 Å². The number of hydrogen-bond acceptors (Lipinski definition) is 4. The Morgan fingerprint density at radius 1 is 1.24 bits per heavy atom. The molecule has 17 heavy (non-hydrogen) atoms. The largest absolute Gasteiger partial charge is 0.416 e. The van der Waals surface area contributed by atoms with Gasteiger partial charge in [-0.3, -0.25) is 0 Å². The Kier molecular flexibility index (Phi) is 3.60. The number of halogens is 3. The lowest BCUT2D eigenvalue weighted by molar-refractivity contribution is -0.137. The van der Waals surface area contributed by atoms with E-state index in [1.54, 1.807) is 0 Å². The van der Waals surface area contributed by atoms with Crippen molar-refractivity contribution in [2.24, 2.45) is 0 Å². The molecule has 0 saturated carbocycles. The first-order chi connectivity index (χ1) is 7.75. The Labute approximate surface area is 94.7 Å². The van der Waals surface area contributed by atoms with Gasteiger partial charge in [0.1, 0.15) is 6.10 Å². The molecule has 0 aliphatic heterocycles. The Morgan fingerprint density at radius 3 is 2.29 bits per heavy atom. The molecular formula is C10H9F3N2O2. The van der Waals surface area contributed by atoms with Crippen LogP contribution in [0.2, 0.25) is 0 Å². The fourth-order valence-corrected chi connectivity index (χ4v) is 1.26. The van der Waals surface area contributed by atoms with Gasteiger partial charge in [-0.2, -0.15) is 18.4 Å². The van der Waals surface area contributed by atoms with Crippen LogP contribution in [-0.4, -0.2) is 16.3 Å². The van der Waals surface area contributed by atoms with Crippen molar-refractivity contribution >= 4 is 5.69 Å². The van der Waals surface area contributed by atoms with Gasteiger partial charge in [0.2, 0.25) is 0 Å². The molecule has 0 saturated heterocycles. The topological polar surface area (TPSA) is 90.3 Å². The van der Waals surface area contributed by atoms with Crippen molar-refractivity contribution in [3.8, 4) is 6.07 Å². The predicted octanol–water partition coefficient (Wildman–Crippen LogP) is 1.21. The van der Waals surface area contributed by atoms with Gasteiger partial charge in [0.15, 0.2) is 6.10 Å². The minimum absolute atomic E-state index is 0.209. The maximum Gasteiger partial charge on any atom is 0.416 e. The predicted molar refractivity (Wildman–Crippen MR) is 52.4 cm³/mol. The highest BCUT2D eigenvalue weighted by molar-refractivity contribution is 5.46. The second-order valence-electron chi connectivity index (χ2n) is 3.40. The molecule has 2 unspecified atom stereocenters. The van der Waals surface area contributed by atoms with E-state index in [4.69, 9.17) is 16.1 Å². The molecule has 4 nitrogen and oxygen atoms in total. The number of nitrogen functional groups attached to an aromatic ring is 1. The average molecular weight is 246 g/mol. The number of nitriles is 1. The van der Waals surface area contributed by atoms with E-state index >= 15 is 0 Å². The summed E-state index contributed by atoms with van der Waals surface area (Å²) in [6, 6.07) is 3.74. The Morgan fingerprint density at radius 2 is 1.82 bits per heavy atom. The third kappa shape index (κ3) is 3.09. The van der Waals surface area contributed by atoms with E-state index in [2.05, 4.69) is 0 Å². The molecule has 1 rings (SSSR count). The van der Waals surface area contributed by atoms with Crippen LogP contribution in [0.3, 0.4) is 0 Å². The lowest BCUT2D eigenvalue weighted by Gasteiger charge is -2.15. The van der Waals surface area contributed by atoms with Gasteiger partial charge in [0, 0.05) is 5.69 Å². The maximum atomic E-state index is 12.4. The fourth-order valence-electron chi connectivity index (χ4n) is 1.26. The molecule has 0 bridgehead atoms. The molecule has 0 heterocycles. The minimum Gasteiger partial charge on any atom is -0.399 e. The lowest BCUT2D eigenvalue weighted by atomic mass is 10.0. The van der Waals surface area contributed by atoms with Gasteiger partial charge in [-0.25, -0.2) is 0 Å². The zero-order valence-corrected chi connectivity index (χ0v) is 8.44. The normalized spacial score (nSPS) is 15.1. The summed E-state index contributed by atoms with van der Waals surface area (Å²) in [5, 5.41) is 26.8. The zero-order chi connectivity index (χ0) is 13.2. The summed E-state index contributed by atoms with van der Waals surface area (Å²) >= 11 is 0. The number of benzene rings is 1. The number of nitrogens with zero attached hydrogens (tertiary/aromatic N) is 1. The van der Waals surface area contributed by atoms with Crippen LogP contribution in [0.25, 0.3) is 0 Å². The van der Waals surface area contributed by atoms with Crippen LogP contribution in [0.5, 0.6) is 0 Å². The van der Waals surface area contributed by atoms with Crippen molar-refractivity contribution in [2.75, 3.05) is 5.73 Å². The zero-order valence-electron chi connectivity index (χ0n) is 8.44. The van der Waals surface area contributed by atoms with E-state index in [9.17, 15) is 18.3 Å². The average Bonchev–Trinajstić information content (AvgIpc) is 2.25. The van der Waals surface area contributed by atoms with E-state index in [1.165, 1.54) is 6.07 Å². The Balaban J connectivity index is 3.19. The van der Waals surface area contributed by atoms with Gasteiger partial charge >= 0.3 is 6.18 Å². The summed E-state index contributed by atoms with van der Waals surface area (Å²) in [7, 11) is 0. The molecule has 0 aliphatic carbocycles. The Bertz CT molecular complexity index is 454. The van der Waals surface area contributed by atoms with Crippen molar-refractivity contribution in [1.29, 1.82) is 5.26 Å². The molecule has 4 N–H and O–H groups in total. The van der Waals surface area contributed by atoms with Crippen molar-refractivity contribution in [3.63, 3.8) is 0 Å². The number of aliphatic hydroxyl groups is 2. The number of hydrogen-bond donors (Lipinski definition) is 3. The van der Waals surface area contributed by atoms with Crippen LogP contribution < -0.4 is 5.73 Å². The van der Waals surface area contributed by atoms with E-state index in [0.717, 1.165) is 6.07 Å². The van der Waals surface area contributed by atoms with E-state index < -0.39 is 23.9 Å². The van der Waals surface area contributed by atoms with Gasteiger partial charge < -0.3 is 15.9 Å². The number of rotatable bonds is 2. The minimum atomic E-state index is -4.61. The first-order valence-electron chi connectivity index (χ1n) is 4.49.